The van der Waals surface area contributed by atoms with Crippen LogP contribution >= 0.6 is 0 Å². The first-order valence-corrected chi connectivity index (χ1v) is 7.97. The Morgan fingerprint density at radius 2 is 1.64 bits per heavy atom. The molecule has 0 saturated heterocycles. The molecule has 0 aliphatic heterocycles. The summed E-state index contributed by atoms with van der Waals surface area (Å²) in [7, 11) is 1.59. The number of rotatable bonds is 7. The molecule has 0 atom stereocenters. The molecule has 2 aromatic rings. The number of hydrogen-bond acceptors (Lipinski definition) is 4. The summed E-state index contributed by atoms with van der Waals surface area (Å²) < 4.78 is 16.2. The van der Waals surface area contributed by atoms with Crippen LogP contribution in [0.5, 0.6) is 17.2 Å². The lowest BCUT2D eigenvalue weighted by Gasteiger charge is -2.09. The minimum absolute atomic E-state index is 0.214. The van der Waals surface area contributed by atoms with Crippen molar-refractivity contribution in [2.75, 3.05) is 26.9 Å². The summed E-state index contributed by atoms with van der Waals surface area (Å²) in [5.74, 6) is 7.35. The maximum absolute atomic E-state index is 12.2. The first-order chi connectivity index (χ1) is 12.3. The van der Waals surface area contributed by atoms with E-state index in [0.29, 0.717) is 29.4 Å². The molecule has 1 amide bonds. The smallest absolute Gasteiger partial charge is 0.255 e. The molecule has 25 heavy (non-hydrogen) atoms. The predicted molar refractivity (Wildman–Crippen MR) is 96.2 cm³/mol. The molecule has 0 saturated carbocycles. The Kier molecular flexibility index (Phi) is 7.20. The molecule has 0 heterocycles. The number of nitrogens with one attached hydrogen (secondary N) is 1. The van der Waals surface area contributed by atoms with Crippen molar-refractivity contribution in [3.63, 3.8) is 0 Å². The van der Waals surface area contributed by atoms with Crippen LogP contribution in [-0.4, -0.2) is 32.8 Å². The molecule has 2 rings (SSSR count). The molecule has 0 radical (unpaired) electrons. The molecule has 130 valence electrons. The maximum atomic E-state index is 12.2. The first-order valence-electron chi connectivity index (χ1n) is 7.97. The van der Waals surface area contributed by atoms with Crippen molar-refractivity contribution in [2.24, 2.45) is 0 Å². The molecule has 0 aliphatic carbocycles. The number of carbonyl (C=O) groups excluding carboxylic acids is 1. The van der Waals surface area contributed by atoms with Gasteiger partial charge in [0, 0.05) is 0 Å². The van der Waals surface area contributed by atoms with Crippen molar-refractivity contribution in [1.82, 2.24) is 5.32 Å². The first kappa shape index (κ1) is 18.2. The SMILES string of the molecule is CCOc1ccccc1C(=O)NCC#CCOc1ccccc1OC. The summed E-state index contributed by atoms with van der Waals surface area (Å²) in [6.07, 6.45) is 0. The van der Waals surface area contributed by atoms with E-state index in [9.17, 15) is 4.79 Å². The van der Waals surface area contributed by atoms with E-state index in [1.165, 1.54) is 0 Å². The van der Waals surface area contributed by atoms with Gasteiger partial charge in [0.1, 0.15) is 12.4 Å². The zero-order valence-corrected chi connectivity index (χ0v) is 14.4. The van der Waals surface area contributed by atoms with Gasteiger partial charge in [-0.2, -0.15) is 0 Å². The average molecular weight is 339 g/mol. The minimum atomic E-state index is -0.219. The topological polar surface area (TPSA) is 56.8 Å². The van der Waals surface area contributed by atoms with Crippen LogP contribution < -0.4 is 19.5 Å². The Morgan fingerprint density at radius 3 is 2.36 bits per heavy atom. The third-order valence-corrected chi connectivity index (χ3v) is 3.26. The Hall–Kier alpha value is -3.13. The van der Waals surface area contributed by atoms with Gasteiger partial charge in [0.25, 0.3) is 5.91 Å². The normalized spacial score (nSPS) is 9.52. The van der Waals surface area contributed by atoms with E-state index in [1.54, 1.807) is 25.3 Å². The molecule has 5 nitrogen and oxygen atoms in total. The highest BCUT2D eigenvalue weighted by molar-refractivity contribution is 5.97. The van der Waals surface area contributed by atoms with Crippen LogP contribution in [0.1, 0.15) is 17.3 Å². The molecular formula is C20H21NO4. The number of carbonyl (C=O) groups is 1. The highest BCUT2D eigenvalue weighted by Crippen LogP contribution is 2.25. The number of amides is 1. The largest absolute Gasteiger partial charge is 0.493 e. The molecule has 0 aromatic heterocycles. The second kappa shape index (κ2) is 9.89. The van der Waals surface area contributed by atoms with E-state index in [2.05, 4.69) is 17.2 Å². The summed E-state index contributed by atoms with van der Waals surface area (Å²) >= 11 is 0. The summed E-state index contributed by atoms with van der Waals surface area (Å²) in [5, 5.41) is 2.75. The zero-order chi connectivity index (χ0) is 17.9. The van der Waals surface area contributed by atoms with Gasteiger partial charge in [-0.1, -0.05) is 36.1 Å². The quantitative estimate of drug-likeness (QED) is 0.788. The monoisotopic (exact) mass is 339 g/mol. The van der Waals surface area contributed by atoms with Crippen LogP contribution in [0.3, 0.4) is 0 Å². The third kappa shape index (κ3) is 5.47. The van der Waals surface area contributed by atoms with Gasteiger partial charge < -0.3 is 19.5 Å². The Balaban J connectivity index is 1.81. The van der Waals surface area contributed by atoms with Crippen LogP contribution in [0.25, 0.3) is 0 Å². The fraction of sp³-hybridized carbons (Fsp3) is 0.250. The van der Waals surface area contributed by atoms with E-state index >= 15 is 0 Å². The van der Waals surface area contributed by atoms with Gasteiger partial charge in [-0.05, 0) is 31.2 Å². The highest BCUT2D eigenvalue weighted by atomic mass is 16.5. The molecule has 2 aromatic carbocycles. The Labute approximate surface area is 147 Å². The summed E-state index contributed by atoms with van der Waals surface area (Å²) in [4.78, 5) is 12.2. The Bertz CT molecular complexity index is 762. The van der Waals surface area contributed by atoms with Crippen molar-refractivity contribution < 1.29 is 19.0 Å². The number of hydrogen-bond donors (Lipinski definition) is 1. The third-order valence-electron chi connectivity index (χ3n) is 3.26. The fourth-order valence-electron chi connectivity index (χ4n) is 2.12. The van der Waals surface area contributed by atoms with Crippen molar-refractivity contribution >= 4 is 5.91 Å². The maximum Gasteiger partial charge on any atom is 0.255 e. The molecule has 0 fully saturated rings. The van der Waals surface area contributed by atoms with Gasteiger partial charge in [-0.15, -0.1) is 0 Å². The van der Waals surface area contributed by atoms with Crippen LogP contribution in [0.4, 0.5) is 0 Å². The van der Waals surface area contributed by atoms with Crippen molar-refractivity contribution in [1.29, 1.82) is 0 Å². The van der Waals surface area contributed by atoms with E-state index in [4.69, 9.17) is 14.2 Å². The zero-order valence-electron chi connectivity index (χ0n) is 14.4. The summed E-state index contributed by atoms with van der Waals surface area (Å²) in [5.41, 5.74) is 0.497. The van der Waals surface area contributed by atoms with Gasteiger partial charge in [0.05, 0.1) is 25.8 Å². The van der Waals surface area contributed by atoms with Crippen molar-refractivity contribution in [2.45, 2.75) is 6.92 Å². The Morgan fingerprint density at radius 1 is 0.960 bits per heavy atom. The molecule has 0 unspecified atom stereocenters. The molecular weight excluding hydrogens is 318 g/mol. The van der Waals surface area contributed by atoms with E-state index in [0.717, 1.165) is 0 Å². The van der Waals surface area contributed by atoms with Gasteiger partial charge in [0.15, 0.2) is 11.5 Å². The molecule has 0 bridgehead atoms. The molecule has 1 N–H and O–H groups in total. The van der Waals surface area contributed by atoms with Crippen LogP contribution in [0.15, 0.2) is 48.5 Å². The van der Waals surface area contributed by atoms with Gasteiger partial charge in [0.2, 0.25) is 0 Å². The van der Waals surface area contributed by atoms with Crippen molar-refractivity contribution in [3.05, 3.63) is 54.1 Å². The lowest BCUT2D eigenvalue weighted by molar-refractivity contribution is 0.0955. The summed E-state index contributed by atoms with van der Waals surface area (Å²) in [6, 6.07) is 14.5. The van der Waals surface area contributed by atoms with Crippen LogP contribution in [0, 0.1) is 11.8 Å². The second-order valence-electron chi connectivity index (χ2n) is 4.90. The molecule has 5 heteroatoms. The second-order valence-corrected chi connectivity index (χ2v) is 4.90. The average Bonchev–Trinajstić information content (AvgIpc) is 2.65. The lowest BCUT2D eigenvalue weighted by atomic mass is 10.2. The number of methoxy groups -OCH3 is 1. The van der Waals surface area contributed by atoms with E-state index in [1.807, 2.05) is 37.3 Å². The number of benzene rings is 2. The van der Waals surface area contributed by atoms with E-state index < -0.39 is 0 Å². The highest BCUT2D eigenvalue weighted by Gasteiger charge is 2.10. The number of ether oxygens (including phenoxy) is 3. The molecule has 0 aliphatic rings. The van der Waals surface area contributed by atoms with Crippen molar-refractivity contribution in [3.8, 4) is 29.1 Å². The molecule has 0 spiro atoms. The van der Waals surface area contributed by atoms with Gasteiger partial charge in [-0.3, -0.25) is 4.79 Å². The summed E-state index contributed by atoms with van der Waals surface area (Å²) in [6.45, 7) is 2.83. The predicted octanol–water partition coefficient (Wildman–Crippen LogP) is 2.91. The minimum Gasteiger partial charge on any atom is -0.493 e. The lowest BCUT2D eigenvalue weighted by Crippen LogP contribution is -2.24. The van der Waals surface area contributed by atoms with Gasteiger partial charge in [-0.25, -0.2) is 0 Å². The van der Waals surface area contributed by atoms with Crippen LogP contribution in [0.2, 0.25) is 0 Å². The van der Waals surface area contributed by atoms with Gasteiger partial charge >= 0.3 is 0 Å². The number of para-hydroxylation sites is 3. The fourth-order valence-corrected chi connectivity index (χ4v) is 2.12. The van der Waals surface area contributed by atoms with Crippen LogP contribution in [-0.2, 0) is 0 Å². The van der Waals surface area contributed by atoms with E-state index in [-0.39, 0.29) is 19.1 Å². The standard InChI is InChI=1S/C20H21NO4/c1-3-24-17-11-5-4-10-16(17)20(22)21-14-8-9-15-25-19-13-7-6-12-18(19)23-2/h4-7,10-13H,3,14-15H2,1-2H3,(H,21,22).